The van der Waals surface area contributed by atoms with Crippen molar-refractivity contribution in [1.82, 2.24) is 4.90 Å². The Morgan fingerprint density at radius 3 is 2.27 bits per heavy atom. The molecule has 0 aromatic heterocycles. The number of piperidine rings is 1. The number of rotatable bonds is 4. The molecule has 0 N–H and O–H groups in total. The van der Waals surface area contributed by atoms with E-state index in [4.69, 9.17) is 21.7 Å². The number of ether oxygens (including phenoxy) is 2. The molecule has 2 aromatic carbocycles. The topological polar surface area (TPSA) is 38.8 Å². The van der Waals surface area contributed by atoms with Gasteiger partial charge in [0.05, 0.1) is 12.7 Å². The Morgan fingerprint density at radius 2 is 1.62 bits per heavy atom. The summed E-state index contributed by atoms with van der Waals surface area (Å²) in [6, 6.07) is 12.8. The lowest BCUT2D eigenvalue weighted by Gasteiger charge is -2.29. The normalized spacial score (nSPS) is 14.0. The molecule has 0 radical (unpaired) electrons. The molecule has 0 spiro atoms. The maximum atomic E-state index is 12.5. The Bertz CT molecular complexity index is 795. The summed E-state index contributed by atoms with van der Waals surface area (Å²) in [6.45, 7) is 3.93. The van der Waals surface area contributed by atoms with E-state index in [0.717, 1.165) is 42.0 Å². The molecule has 3 rings (SSSR count). The van der Waals surface area contributed by atoms with Crippen LogP contribution in [0.1, 0.15) is 40.7 Å². The standard InChI is InChI=1S/C21H23NO3S/c1-15-6-8-16(9-7-15)21(23)25-19-14-17(10-11-18(19)24-2)20(26)22-12-4-3-5-13-22/h6-11,14H,3-5,12-13H2,1-2H3. The second-order valence-corrected chi connectivity index (χ2v) is 6.86. The summed E-state index contributed by atoms with van der Waals surface area (Å²) in [6.07, 6.45) is 3.57. The molecular formula is C21H23NO3S. The van der Waals surface area contributed by atoms with Gasteiger partial charge in [0.25, 0.3) is 0 Å². The van der Waals surface area contributed by atoms with Gasteiger partial charge >= 0.3 is 5.97 Å². The van der Waals surface area contributed by atoms with Gasteiger partial charge in [0.2, 0.25) is 0 Å². The Labute approximate surface area is 159 Å². The number of esters is 1. The number of hydrogen-bond acceptors (Lipinski definition) is 4. The zero-order chi connectivity index (χ0) is 18.5. The second kappa shape index (κ2) is 8.32. The lowest BCUT2D eigenvalue weighted by atomic mass is 10.1. The van der Waals surface area contributed by atoms with E-state index in [1.165, 1.54) is 6.42 Å². The molecule has 0 atom stereocenters. The predicted molar refractivity (Wildman–Crippen MR) is 106 cm³/mol. The smallest absolute Gasteiger partial charge is 0.343 e. The van der Waals surface area contributed by atoms with Gasteiger partial charge in [0, 0.05) is 18.7 Å². The SMILES string of the molecule is COc1ccc(C(=S)N2CCCCC2)cc1OC(=O)c1ccc(C)cc1. The first kappa shape index (κ1) is 18.4. The van der Waals surface area contributed by atoms with Crippen LogP contribution in [-0.4, -0.2) is 36.1 Å². The molecule has 0 aliphatic carbocycles. The van der Waals surface area contributed by atoms with Crippen LogP contribution >= 0.6 is 12.2 Å². The highest BCUT2D eigenvalue weighted by molar-refractivity contribution is 7.80. The van der Waals surface area contributed by atoms with Crippen LogP contribution in [-0.2, 0) is 0 Å². The molecular weight excluding hydrogens is 346 g/mol. The fourth-order valence-electron chi connectivity index (χ4n) is 3.02. The van der Waals surface area contributed by atoms with Gasteiger partial charge < -0.3 is 14.4 Å². The molecule has 1 aliphatic rings. The highest BCUT2D eigenvalue weighted by Crippen LogP contribution is 2.30. The number of aryl methyl sites for hydroxylation is 1. The summed E-state index contributed by atoms with van der Waals surface area (Å²) < 4.78 is 10.9. The Hall–Kier alpha value is -2.40. The molecule has 136 valence electrons. The third-order valence-electron chi connectivity index (χ3n) is 4.54. The van der Waals surface area contributed by atoms with E-state index in [2.05, 4.69) is 4.90 Å². The highest BCUT2D eigenvalue weighted by atomic mass is 32.1. The molecule has 4 nitrogen and oxygen atoms in total. The molecule has 5 heteroatoms. The summed E-state index contributed by atoms with van der Waals surface area (Å²) in [4.78, 5) is 15.5. The van der Waals surface area contributed by atoms with E-state index in [-0.39, 0.29) is 0 Å². The van der Waals surface area contributed by atoms with Crippen molar-refractivity contribution in [1.29, 1.82) is 0 Å². The van der Waals surface area contributed by atoms with E-state index < -0.39 is 5.97 Å². The number of hydrogen-bond donors (Lipinski definition) is 0. The second-order valence-electron chi connectivity index (χ2n) is 6.47. The van der Waals surface area contributed by atoms with Crippen molar-refractivity contribution < 1.29 is 14.3 Å². The van der Waals surface area contributed by atoms with E-state index in [1.807, 2.05) is 25.1 Å². The molecule has 26 heavy (non-hydrogen) atoms. The Balaban J connectivity index is 1.82. The monoisotopic (exact) mass is 369 g/mol. The molecule has 1 heterocycles. The Kier molecular flexibility index (Phi) is 5.89. The first-order chi connectivity index (χ1) is 12.6. The predicted octanol–water partition coefficient (Wildman–Crippen LogP) is 4.38. The number of nitrogens with zero attached hydrogens (tertiary/aromatic N) is 1. The van der Waals surface area contributed by atoms with Crippen LogP contribution in [0.4, 0.5) is 0 Å². The number of benzene rings is 2. The van der Waals surface area contributed by atoms with Crippen molar-refractivity contribution in [3.8, 4) is 11.5 Å². The fourth-order valence-corrected chi connectivity index (χ4v) is 3.33. The lowest BCUT2D eigenvalue weighted by Crippen LogP contribution is -2.34. The van der Waals surface area contributed by atoms with Crippen LogP contribution in [0.25, 0.3) is 0 Å². The zero-order valence-electron chi connectivity index (χ0n) is 15.2. The minimum Gasteiger partial charge on any atom is -0.493 e. The summed E-state index contributed by atoms with van der Waals surface area (Å²) in [5, 5.41) is 0. The van der Waals surface area contributed by atoms with Gasteiger partial charge in [0.1, 0.15) is 4.99 Å². The number of methoxy groups -OCH3 is 1. The largest absolute Gasteiger partial charge is 0.493 e. The minimum absolute atomic E-state index is 0.384. The Morgan fingerprint density at radius 1 is 0.962 bits per heavy atom. The molecule has 0 saturated carbocycles. The van der Waals surface area contributed by atoms with Gasteiger partial charge in [-0.3, -0.25) is 0 Å². The summed E-state index contributed by atoms with van der Waals surface area (Å²) in [5.74, 6) is 0.481. The first-order valence-electron chi connectivity index (χ1n) is 8.84. The molecule has 1 saturated heterocycles. The molecule has 0 amide bonds. The van der Waals surface area contributed by atoms with Crippen LogP contribution in [0.5, 0.6) is 11.5 Å². The molecule has 0 bridgehead atoms. The van der Waals surface area contributed by atoms with Gasteiger partial charge in [-0.15, -0.1) is 0 Å². The van der Waals surface area contributed by atoms with Crippen LogP contribution in [0.2, 0.25) is 0 Å². The highest BCUT2D eigenvalue weighted by Gasteiger charge is 2.18. The number of carbonyl (C=O) groups is 1. The number of thiocarbonyl (C=S) groups is 1. The fraction of sp³-hybridized carbons (Fsp3) is 0.333. The van der Waals surface area contributed by atoms with Crippen molar-refractivity contribution in [2.75, 3.05) is 20.2 Å². The quantitative estimate of drug-likeness (QED) is 0.454. The minimum atomic E-state index is -0.413. The van der Waals surface area contributed by atoms with E-state index >= 15 is 0 Å². The first-order valence-corrected chi connectivity index (χ1v) is 9.25. The number of carbonyl (C=O) groups excluding carboxylic acids is 1. The maximum absolute atomic E-state index is 12.5. The lowest BCUT2D eigenvalue weighted by molar-refractivity contribution is 0.0729. The summed E-state index contributed by atoms with van der Waals surface area (Å²) in [5.41, 5.74) is 2.46. The molecule has 1 aliphatic heterocycles. The van der Waals surface area contributed by atoms with Crippen molar-refractivity contribution in [3.05, 3.63) is 59.2 Å². The molecule has 2 aromatic rings. The third-order valence-corrected chi connectivity index (χ3v) is 5.04. The molecule has 1 fully saturated rings. The van der Waals surface area contributed by atoms with Gasteiger partial charge in [-0.1, -0.05) is 29.9 Å². The van der Waals surface area contributed by atoms with Crippen LogP contribution in [0, 0.1) is 6.92 Å². The van der Waals surface area contributed by atoms with Crippen molar-refractivity contribution in [2.45, 2.75) is 26.2 Å². The van der Waals surface area contributed by atoms with E-state index in [9.17, 15) is 4.79 Å². The van der Waals surface area contributed by atoms with Gasteiger partial charge in [0.15, 0.2) is 11.5 Å². The van der Waals surface area contributed by atoms with E-state index in [0.29, 0.717) is 17.1 Å². The van der Waals surface area contributed by atoms with Crippen LogP contribution < -0.4 is 9.47 Å². The molecule has 0 unspecified atom stereocenters. The third kappa shape index (κ3) is 4.22. The maximum Gasteiger partial charge on any atom is 0.343 e. The van der Waals surface area contributed by atoms with Gasteiger partial charge in [-0.2, -0.15) is 0 Å². The van der Waals surface area contributed by atoms with Crippen molar-refractivity contribution in [3.63, 3.8) is 0 Å². The zero-order valence-corrected chi connectivity index (χ0v) is 16.0. The van der Waals surface area contributed by atoms with Gasteiger partial charge in [-0.25, -0.2) is 4.79 Å². The average Bonchev–Trinajstić information content (AvgIpc) is 2.68. The summed E-state index contributed by atoms with van der Waals surface area (Å²) in [7, 11) is 1.56. The van der Waals surface area contributed by atoms with Crippen LogP contribution in [0.3, 0.4) is 0 Å². The van der Waals surface area contributed by atoms with Gasteiger partial charge in [-0.05, 0) is 56.5 Å². The summed E-state index contributed by atoms with van der Waals surface area (Å²) >= 11 is 5.65. The van der Waals surface area contributed by atoms with Crippen LogP contribution in [0.15, 0.2) is 42.5 Å². The average molecular weight is 369 g/mol. The number of likely N-dealkylation sites (tertiary alicyclic amines) is 1. The van der Waals surface area contributed by atoms with Crippen molar-refractivity contribution >= 4 is 23.2 Å². The van der Waals surface area contributed by atoms with Crippen molar-refractivity contribution in [2.24, 2.45) is 0 Å². The van der Waals surface area contributed by atoms with E-state index in [1.54, 1.807) is 31.4 Å².